The summed E-state index contributed by atoms with van der Waals surface area (Å²) in [5, 5.41) is 0. The molecule has 0 saturated carbocycles. The Morgan fingerprint density at radius 2 is 1.34 bits per heavy atom. The lowest BCUT2D eigenvalue weighted by molar-refractivity contribution is -0.134. The molecule has 0 saturated heterocycles. The van der Waals surface area contributed by atoms with E-state index in [0.29, 0.717) is 18.8 Å². The average molecular weight is 431 g/mol. The van der Waals surface area contributed by atoms with Crippen molar-refractivity contribution in [2.45, 2.75) is 13.5 Å². The number of ether oxygens (including phenoxy) is 1. The fraction of sp³-hybridized carbons (Fsp3) is 0.192. The third kappa shape index (κ3) is 5.60. The first-order valence-corrected chi connectivity index (χ1v) is 10.4. The standard InChI is InChI=1S/C26H26N2O4/c1-3-28(18-20-12-6-4-7-13-20)24(29)19-32-26(31)23-17-11-10-16-22(23)25(30)27(2)21-14-8-5-9-15-21/h4-17H,3,18-19H2,1-2H3. The van der Waals surface area contributed by atoms with Gasteiger partial charge in [-0.2, -0.15) is 0 Å². The minimum absolute atomic E-state index is 0.124. The van der Waals surface area contributed by atoms with Crippen molar-refractivity contribution in [3.05, 3.63) is 102 Å². The highest BCUT2D eigenvalue weighted by Gasteiger charge is 2.22. The van der Waals surface area contributed by atoms with Gasteiger partial charge in [-0.05, 0) is 36.8 Å². The number of amides is 2. The summed E-state index contributed by atoms with van der Waals surface area (Å²) < 4.78 is 5.29. The number of likely N-dealkylation sites (N-methyl/N-ethyl adjacent to an activating group) is 1. The lowest BCUT2D eigenvalue weighted by Crippen LogP contribution is -2.34. The Bertz CT molecular complexity index is 1070. The summed E-state index contributed by atoms with van der Waals surface area (Å²) >= 11 is 0. The Balaban J connectivity index is 1.68. The molecule has 0 aliphatic heterocycles. The SMILES string of the molecule is CCN(Cc1ccccc1)C(=O)COC(=O)c1ccccc1C(=O)N(C)c1ccccc1. The molecule has 0 aromatic heterocycles. The molecule has 6 heteroatoms. The lowest BCUT2D eigenvalue weighted by atomic mass is 10.1. The van der Waals surface area contributed by atoms with E-state index in [1.165, 1.54) is 11.0 Å². The van der Waals surface area contributed by atoms with Crippen LogP contribution >= 0.6 is 0 Å². The van der Waals surface area contributed by atoms with Crippen molar-refractivity contribution < 1.29 is 19.1 Å². The second kappa shape index (κ2) is 10.9. The third-order valence-corrected chi connectivity index (χ3v) is 5.10. The largest absolute Gasteiger partial charge is 0.452 e. The van der Waals surface area contributed by atoms with Crippen molar-refractivity contribution in [1.29, 1.82) is 0 Å². The van der Waals surface area contributed by atoms with Crippen molar-refractivity contribution in [2.24, 2.45) is 0 Å². The van der Waals surface area contributed by atoms with Crippen molar-refractivity contribution in [3.8, 4) is 0 Å². The van der Waals surface area contributed by atoms with Crippen LogP contribution in [0.4, 0.5) is 5.69 Å². The number of rotatable bonds is 8. The predicted octanol–water partition coefficient (Wildman–Crippen LogP) is 4.17. The van der Waals surface area contributed by atoms with Crippen LogP contribution in [-0.2, 0) is 16.1 Å². The van der Waals surface area contributed by atoms with Crippen LogP contribution in [-0.4, -0.2) is 42.9 Å². The van der Waals surface area contributed by atoms with Gasteiger partial charge in [0, 0.05) is 25.8 Å². The second-order valence-electron chi connectivity index (χ2n) is 7.21. The highest BCUT2D eigenvalue weighted by molar-refractivity contribution is 6.12. The highest BCUT2D eigenvalue weighted by Crippen LogP contribution is 2.18. The molecule has 3 aromatic rings. The van der Waals surface area contributed by atoms with Crippen molar-refractivity contribution in [3.63, 3.8) is 0 Å². The molecule has 0 radical (unpaired) electrons. The first-order valence-electron chi connectivity index (χ1n) is 10.4. The predicted molar refractivity (Wildman–Crippen MR) is 123 cm³/mol. The van der Waals surface area contributed by atoms with E-state index >= 15 is 0 Å². The molecular weight excluding hydrogens is 404 g/mol. The number of carbonyl (C=O) groups excluding carboxylic acids is 3. The van der Waals surface area contributed by atoms with E-state index < -0.39 is 12.6 Å². The zero-order valence-electron chi connectivity index (χ0n) is 18.2. The monoisotopic (exact) mass is 430 g/mol. The molecule has 0 unspecified atom stereocenters. The van der Waals surface area contributed by atoms with Crippen molar-refractivity contribution in [2.75, 3.05) is 25.1 Å². The Labute approximate surface area is 188 Å². The van der Waals surface area contributed by atoms with E-state index in [9.17, 15) is 14.4 Å². The number of benzene rings is 3. The van der Waals surface area contributed by atoms with Gasteiger partial charge in [-0.25, -0.2) is 4.79 Å². The van der Waals surface area contributed by atoms with Crippen LogP contribution in [0.5, 0.6) is 0 Å². The topological polar surface area (TPSA) is 66.9 Å². The van der Waals surface area contributed by atoms with Gasteiger partial charge in [0.25, 0.3) is 11.8 Å². The van der Waals surface area contributed by atoms with Gasteiger partial charge >= 0.3 is 5.97 Å². The lowest BCUT2D eigenvalue weighted by Gasteiger charge is -2.21. The smallest absolute Gasteiger partial charge is 0.339 e. The molecule has 0 spiro atoms. The van der Waals surface area contributed by atoms with Crippen molar-refractivity contribution >= 4 is 23.5 Å². The Morgan fingerprint density at radius 1 is 0.781 bits per heavy atom. The van der Waals surface area contributed by atoms with Gasteiger partial charge in [-0.1, -0.05) is 60.7 Å². The number of nitrogens with zero attached hydrogens (tertiary/aromatic N) is 2. The maximum Gasteiger partial charge on any atom is 0.339 e. The Morgan fingerprint density at radius 3 is 1.97 bits per heavy atom. The number of hydrogen-bond acceptors (Lipinski definition) is 4. The molecule has 2 amide bonds. The van der Waals surface area contributed by atoms with Gasteiger partial charge in [0.05, 0.1) is 11.1 Å². The fourth-order valence-corrected chi connectivity index (χ4v) is 3.27. The molecule has 3 aromatic carbocycles. The normalized spacial score (nSPS) is 10.3. The number of anilines is 1. The van der Waals surface area contributed by atoms with E-state index in [1.54, 1.807) is 30.1 Å². The average Bonchev–Trinajstić information content (AvgIpc) is 2.85. The maximum atomic E-state index is 13.0. The van der Waals surface area contributed by atoms with Crippen LogP contribution in [0.2, 0.25) is 0 Å². The molecule has 6 nitrogen and oxygen atoms in total. The summed E-state index contributed by atoms with van der Waals surface area (Å²) in [6.07, 6.45) is 0. The molecule has 0 aliphatic carbocycles. The number of hydrogen-bond donors (Lipinski definition) is 0. The summed E-state index contributed by atoms with van der Waals surface area (Å²) in [6, 6.07) is 25.2. The summed E-state index contributed by atoms with van der Waals surface area (Å²) in [6.45, 7) is 2.40. The van der Waals surface area contributed by atoms with Gasteiger partial charge in [0.2, 0.25) is 0 Å². The van der Waals surface area contributed by atoms with Gasteiger partial charge in [0.15, 0.2) is 6.61 Å². The molecule has 0 heterocycles. The molecule has 0 atom stereocenters. The Hall–Kier alpha value is -3.93. The number of para-hydroxylation sites is 1. The van der Waals surface area contributed by atoms with Gasteiger partial charge in [-0.15, -0.1) is 0 Å². The second-order valence-corrected chi connectivity index (χ2v) is 7.21. The van der Waals surface area contributed by atoms with Crippen LogP contribution in [0, 0.1) is 0 Å². The molecule has 0 aliphatic rings. The summed E-state index contributed by atoms with van der Waals surface area (Å²) in [5.41, 5.74) is 2.04. The summed E-state index contributed by atoms with van der Waals surface area (Å²) in [5.74, 6) is -1.34. The third-order valence-electron chi connectivity index (χ3n) is 5.10. The summed E-state index contributed by atoms with van der Waals surface area (Å²) in [4.78, 5) is 41.4. The van der Waals surface area contributed by atoms with E-state index in [-0.39, 0.29) is 22.9 Å². The van der Waals surface area contributed by atoms with Gasteiger partial charge in [0.1, 0.15) is 0 Å². The summed E-state index contributed by atoms with van der Waals surface area (Å²) in [7, 11) is 1.64. The molecule has 164 valence electrons. The number of carbonyl (C=O) groups is 3. The Kier molecular flexibility index (Phi) is 7.75. The van der Waals surface area contributed by atoms with Crippen molar-refractivity contribution in [1.82, 2.24) is 4.90 Å². The first-order chi connectivity index (χ1) is 15.5. The fourth-order valence-electron chi connectivity index (χ4n) is 3.27. The van der Waals surface area contributed by atoms with E-state index in [0.717, 1.165) is 5.56 Å². The highest BCUT2D eigenvalue weighted by atomic mass is 16.5. The molecule has 0 fully saturated rings. The van der Waals surface area contributed by atoms with Gasteiger partial charge in [-0.3, -0.25) is 9.59 Å². The molecule has 0 N–H and O–H groups in total. The van der Waals surface area contributed by atoms with E-state index in [4.69, 9.17) is 4.74 Å². The van der Waals surface area contributed by atoms with Crippen LogP contribution in [0.25, 0.3) is 0 Å². The van der Waals surface area contributed by atoms with Crippen LogP contribution in [0.1, 0.15) is 33.2 Å². The number of esters is 1. The quantitative estimate of drug-likeness (QED) is 0.503. The van der Waals surface area contributed by atoms with E-state index in [1.807, 2.05) is 67.6 Å². The minimum Gasteiger partial charge on any atom is -0.452 e. The van der Waals surface area contributed by atoms with E-state index in [2.05, 4.69) is 0 Å². The molecule has 0 bridgehead atoms. The molecule has 32 heavy (non-hydrogen) atoms. The molecular formula is C26H26N2O4. The van der Waals surface area contributed by atoms with Gasteiger partial charge < -0.3 is 14.5 Å². The van der Waals surface area contributed by atoms with Crippen LogP contribution in [0.3, 0.4) is 0 Å². The molecule has 3 rings (SSSR count). The zero-order valence-corrected chi connectivity index (χ0v) is 18.2. The minimum atomic E-state index is -0.709. The zero-order chi connectivity index (χ0) is 22.9. The maximum absolute atomic E-state index is 13.0. The van der Waals surface area contributed by atoms with Crippen LogP contribution < -0.4 is 4.90 Å². The van der Waals surface area contributed by atoms with Crippen LogP contribution in [0.15, 0.2) is 84.9 Å². The first kappa shape index (κ1) is 22.7.